The number of carbonyl (C=O) groups excluding carboxylic acids is 1. The highest BCUT2D eigenvalue weighted by Gasteiger charge is 2.57. The molecule has 0 aromatic carbocycles. The van der Waals surface area contributed by atoms with Crippen molar-refractivity contribution < 1.29 is 14.7 Å². The maximum Gasteiger partial charge on any atom is 0.319 e. The van der Waals surface area contributed by atoms with E-state index < -0.39 is 11.4 Å². The number of carboxylic acid groups (broad SMARTS) is 1. The molecule has 1 aromatic rings. The van der Waals surface area contributed by atoms with Crippen molar-refractivity contribution in [2.75, 3.05) is 0 Å². The predicted molar refractivity (Wildman–Crippen MR) is 64.9 cm³/mol. The number of thiophene rings is 1. The summed E-state index contributed by atoms with van der Waals surface area (Å²) in [5.74, 6) is -1.37. The number of aryl methyl sites for hydroxylation is 1. The van der Waals surface area contributed by atoms with Gasteiger partial charge in [0.2, 0.25) is 5.91 Å². The molecule has 0 radical (unpaired) electrons. The Morgan fingerprint density at radius 1 is 1.47 bits per heavy atom. The van der Waals surface area contributed by atoms with Crippen molar-refractivity contribution in [1.82, 2.24) is 5.32 Å². The first kappa shape index (κ1) is 12.1. The van der Waals surface area contributed by atoms with Gasteiger partial charge in [0.05, 0.1) is 6.04 Å². The normalized spacial score (nSPS) is 18.5. The number of carbonyl (C=O) groups is 2. The van der Waals surface area contributed by atoms with E-state index in [1.807, 2.05) is 26.0 Å². The van der Waals surface area contributed by atoms with Crippen molar-refractivity contribution in [3.05, 3.63) is 21.9 Å². The van der Waals surface area contributed by atoms with Crippen LogP contribution in [0, 0.1) is 12.3 Å². The largest absolute Gasteiger partial charge is 0.480 e. The summed E-state index contributed by atoms with van der Waals surface area (Å²) in [5.41, 5.74) is -1.15. The minimum absolute atomic E-state index is 0.127. The molecule has 0 saturated heterocycles. The maximum absolute atomic E-state index is 11.9. The van der Waals surface area contributed by atoms with Gasteiger partial charge in [-0.15, -0.1) is 11.3 Å². The van der Waals surface area contributed by atoms with Crippen molar-refractivity contribution in [1.29, 1.82) is 0 Å². The molecule has 1 atom stereocenters. The van der Waals surface area contributed by atoms with Crippen LogP contribution in [0.4, 0.5) is 0 Å². The molecule has 1 aromatic heterocycles. The van der Waals surface area contributed by atoms with Crippen molar-refractivity contribution in [2.24, 2.45) is 5.41 Å². The zero-order valence-corrected chi connectivity index (χ0v) is 10.6. The molecule has 1 fully saturated rings. The van der Waals surface area contributed by atoms with Gasteiger partial charge in [0.25, 0.3) is 0 Å². The lowest BCUT2D eigenvalue weighted by molar-refractivity contribution is -0.149. The second-order valence-electron chi connectivity index (χ2n) is 4.53. The average Bonchev–Trinajstić information content (AvgIpc) is 2.96. The number of hydrogen-bond acceptors (Lipinski definition) is 3. The molecule has 1 saturated carbocycles. The van der Waals surface area contributed by atoms with Crippen LogP contribution < -0.4 is 5.32 Å². The third-order valence-electron chi connectivity index (χ3n) is 3.13. The minimum Gasteiger partial charge on any atom is -0.480 e. The number of nitrogens with one attached hydrogen (secondary N) is 1. The zero-order valence-electron chi connectivity index (χ0n) is 9.82. The SMILES string of the molecule is Cc1ccc(C(C)NC(=O)C2(C(=O)O)CC2)s1. The molecule has 1 aliphatic rings. The van der Waals surface area contributed by atoms with E-state index in [2.05, 4.69) is 5.32 Å². The van der Waals surface area contributed by atoms with Gasteiger partial charge in [0.15, 0.2) is 0 Å². The Morgan fingerprint density at radius 3 is 2.53 bits per heavy atom. The lowest BCUT2D eigenvalue weighted by atomic mass is 10.1. The quantitative estimate of drug-likeness (QED) is 0.807. The third kappa shape index (κ3) is 2.20. The van der Waals surface area contributed by atoms with Crippen molar-refractivity contribution in [3.63, 3.8) is 0 Å². The van der Waals surface area contributed by atoms with Gasteiger partial charge in [0.1, 0.15) is 5.41 Å². The fourth-order valence-corrected chi connectivity index (χ4v) is 2.63. The van der Waals surface area contributed by atoms with Gasteiger partial charge < -0.3 is 10.4 Å². The van der Waals surface area contributed by atoms with E-state index in [0.29, 0.717) is 12.8 Å². The standard InChI is InChI=1S/C12H15NO3S/c1-7-3-4-9(17-7)8(2)13-10(14)12(5-6-12)11(15)16/h3-4,8H,5-6H2,1-2H3,(H,13,14)(H,15,16). The molecule has 4 nitrogen and oxygen atoms in total. The number of aliphatic carboxylic acids is 1. The van der Waals surface area contributed by atoms with Crippen molar-refractivity contribution in [2.45, 2.75) is 32.7 Å². The van der Waals surface area contributed by atoms with E-state index in [4.69, 9.17) is 5.11 Å². The molecular weight excluding hydrogens is 238 g/mol. The summed E-state index contributed by atoms with van der Waals surface area (Å²) < 4.78 is 0. The van der Waals surface area contributed by atoms with Crippen LogP contribution in [0.3, 0.4) is 0 Å². The smallest absolute Gasteiger partial charge is 0.319 e. The predicted octanol–water partition coefficient (Wildman–Crippen LogP) is 2.10. The van der Waals surface area contributed by atoms with E-state index in [1.165, 1.54) is 4.88 Å². The minimum atomic E-state index is -1.15. The highest BCUT2D eigenvalue weighted by Crippen LogP contribution is 2.46. The lowest BCUT2D eigenvalue weighted by Crippen LogP contribution is -2.38. The molecule has 2 N–H and O–H groups in total. The van der Waals surface area contributed by atoms with E-state index in [1.54, 1.807) is 11.3 Å². The van der Waals surface area contributed by atoms with Gasteiger partial charge in [0, 0.05) is 9.75 Å². The molecule has 1 amide bonds. The molecule has 17 heavy (non-hydrogen) atoms. The summed E-state index contributed by atoms with van der Waals surface area (Å²) in [6, 6.07) is 3.83. The number of hydrogen-bond donors (Lipinski definition) is 2. The molecule has 0 aliphatic heterocycles. The second kappa shape index (κ2) is 4.14. The van der Waals surface area contributed by atoms with Crippen LogP contribution >= 0.6 is 11.3 Å². The van der Waals surface area contributed by atoms with Crippen LogP contribution in [0.5, 0.6) is 0 Å². The van der Waals surface area contributed by atoms with Crippen LogP contribution in [0.25, 0.3) is 0 Å². The Balaban J connectivity index is 2.02. The molecule has 1 aliphatic carbocycles. The first-order valence-corrected chi connectivity index (χ1v) is 6.38. The third-order valence-corrected chi connectivity index (χ3v) is 4.31. The van der Waals surface area contributed by atoms with E-state index in [-0.39, 0.29) is 11.9 Å². The highest BCUT2D eigenvalue weighted by atomic mass is 32.1. The van der Waals surface area contributed by atoms with Gasteiger partial charge in [-0.1, -0.05) is 0 Å². The highest BCUT2D eigenvalue weighted by molar-refractivity contribution is 7.12. The number of amides is 1. The van der Waals surface area contributed by atoms with Crippen LogP contribution in [0.1, 0.15) is 35.6 Å². The zero-order chi connectivity index (χ0) is 12.6. The fraction of sp³-hybridized carbons (Fsp3) is 0.500. The Hall–Kier alpha value is -1.36. The van der Waals surface area contributed by atoms with Gasteiger partial charge >= 0.3 is 5.97 Å². The second-order valence-corrected chi connectivity index (χ2v) is 5.85. The number of carboxylic acids is 1. The Labute approximate surface area is 104 Å². The topological polar surface area (TPSA) is 66.4 Å². The molecule has 0 bridgehead atoms. The van der Waals surface area contributed by atoms with Crippen LogP contribution in [0.2, 0.25) is 0 Å². The molecule has 1 heterocycles. The van der Waals surface area contributed by atoms with Gasteiger partial charge in [-0.3, -0.25) is 9.59 Å². The fourth-order valence-electron chi connectivity index (χ4n) is 1.76. The summed E-state index contributed by atoms with van der Waals surface area (Å²) in [6.07, 6.45) is 0.898. The number of rotatable bonds is 4. The van der Waals surface area contributed by atoms with Gasteiger partial charge in [-0.2, -0.15) is 0 Å². The summed E-state index contributed by atoms with van der Waals surface area (Å²) in [5, 5.41) is 11.8. The Kier molecular flexibility index (Phi) is 2.95. The van der Waals surface area contributed by atoms with E-state index in [0.717, 1.165) is 4.88 Å². The summed E-state index contributed by atoms with van der Waals surface area (Å²) in [6.45, 7) is 3.88. The lowest BCUT2D eigenvalue weighted by Gasteiger charge is -2.15. The molecule has 2 rings (SSSR count). The Bertz CT molecular complexity index is 462. The first-order chi connectivity index (χ1) is 7.95. The summed E-state index contributed by atoms with van der Waals surface area (Å²) in [4.78, 5) is 25.1. The molecule has 5 heteroatoms. The summed E-state index contributed by atoms with van der Waals surface area (Å²) >= 11 is 1.62. The van der Waals surface area contributed by atoms with Crippen molar-refractivity contribution >= 4 is 23.2 Å². The average molecular weight is 253 g/mol. The van der Waals surface area contributed by atoms with E-state index in [9.17, 15) is 9.59 Å². The van der Waals surface area contributed by atoms with Gasteiger partial charge in [-0.05, 0) is 38.8 Å². The van der Waals surface area contributed by atoms with Crippen LogP contribution in [0.15, 0.2) is 12.1 Å². The monoisotopic (exact) mass is 253 g/mol. The van der Waals surface area contributed by atoms with E-state index >= 15 is 0 Å². The van der Waals surface area contributed by atoms with Gasteiger partial charge in [-0.25, -0.2) is 0 Å². The molecule has 1 unspecified atom stereocenters. The van der Waals surface area contributed by atoms with Crippen molar-refractivity contribution in [3.8, 4) is 0 Å². The molecule has 0 spiro atoms. The maximum atomic E-state index is 11.9. The Morgan fingerprint density at radius 2 is 2.12 bits per heavy atom. The molecule has 92 valence electrons. The first-order valence-electron chi connectivity index (χ1n) is 5.56. The summed E-state index contributed by atoms with van der Waals surface area (Å²) in [7, 11) is 0. The van der Waals surface area contributed by atoms with Crippen LogP contribution in [-0.2, 0) is 9.59 Å². The molecular formula is C12H15NO3S. The van der Waals surface area contributed by atoms with Crippen LogP contribution in [-0.4, -0.2) is 17.0 Å².